The fourth-order valence-electron chi connectivity index (χ4n) is 12.5. The molecule has 0 radical (unpaired) electrons. The van der Waals surface area contributed by atoms with E-state index in [-0.39, 0.29) is 5.41 Å². The van der Waals surface area contributed by atoms with Crippen LogP contribution < -0.4 is 20.2 Å². The second kappa shape index (κ2) is 16.4. The third-order valence-electron chi connectivity index (χ3n) is 16.1. The minimum atomic E-state index is -2.26. The van der Waals surface area contributed by atoms with Gasteiger partial charge in [-0.2, -0.15) is 0 Å². The molecule has 0 bridgehead atoms. The Balaban J connectivity index is 0.876. The molecule has 0 spiro atoms. The van der Waals surface area contributed by atoms with E-state index in [1.54, 1.807) is 0 Å². The first-order valence-corrected chi connectivity index (χ1v) is 28.5. The number of hydrogen-bond donors (Lipinski definition) is 0. The highest BCUT2D eigenvalue weighted by Gasteiger charge is 2.38. The lowest BCUT2D eigenvalue weighted by Crippen LogP contribution is -2.56. The Hall–Kier alpha value is -8.70. The number of furan rings is 1. The van der Waals surface area contributed by atoms with Crippen molar-refractivity contribution in [2.45, 2.75) is 32.4 Å². The van der Waals surface area contributed by atoms with Gasteiger partial charge in [-0.25, -0.2) is 0 Å². The molecular formula is C69H52N2OSi. The minimum absolute atomic E-state index is 0.0984. The van der Waals surface area contributed by atoms with E-state index >= 15 is 0 Å². The van der Waals surface area contributed by atoms with Gasteiger partial charge < -0.3 is 14.2 Å². The van der Waals surface area contributed by atoms with Gasteiger partial charge in [0.2, 0.25) is 0 Å². The highest BCUT2D eigenvalue weighted by Crippen LogP contribution is 2.51. The molecule has 0 amide bonds. The van der Waals surface area contributed by atoms with Crippen LogP contribution in [0.4, 0.5) is 34.1 Å². The molecule has 11 aromatic carbocycles. The predicted octanol–water partition coefficient (Wildman–Crippen LogP) is 18.1. The molecule has 12 aromatic rings. The summed E-state index contributed by atoms with van der Waals surface area (Å²) in [6.07, 6.45) is 0. The van der Waals surface area contributed by atoms with Gasteiger partial charge >= 0.3 is 0 Å². The lowest BCUT2D eigenvalue weighted by molar-refractivity contribution is 0.660. The summed E-state index contributed by atoms with van der Waals surface area (Å²) in [5.74, 6) is 0. The lowest BCUT2D eigenvalue weighted by Gasteiger charge is -2.36. The zero-order chi connectivity index (χ0) is 49.0. The van der Waals surface area contributed by atoms with Gasteiger partial charge in [-0.05, 0) is 138 Å². The molecule has 3 nitrogen and oxygen atoms in total. The van der Waals surface area contributed by atoms with Crippen molar-refractivity contribution in [2.24, 2.45) is 0 Å². The van der Waals surface area contributed by atoms with Crippen molar-refractivity contribution in [3.63, 3.8) is 0 Å². The maximum atomic E-state index is 6.72. The van der Waals surface area contributed by atoms with Gasteiger partial charge in [0, 0.05) is 44.5 Å². The SMILES string of the molecule is CC1(C)c2ccccc2-c2ccc(N(c3ccccc3)c3ccc4c(c3)[Si](C)(C)c3cccc5c(-c6ccc(N(c7ccccc7-c7ccccc7)c7cccc8c7oc7ccccc78)cc6)ccc-4c35)cc21. The molecule has 1 aromatic heterocycles. The highest BCUT2D eigenvalue weighted by atomic mass is 28.3. The maximum absolute atomic E-state index is 6.72. The van der Waals surface area contributed by atoms with Crippen molar-refractivity contribution in [2.75, 3.05) is 9.80 Å². The third kappa shape index (κ3) is 6.64. The van der Waals surface area contributed by atoms with E-state index in [2.05, 4.69) is 273 Å². The minimum Gasteiger partial charge on any atom is -0.454 e. The van der Waals surface area contributed by atoms with E-state index in [9.17, 15) is 0 Å². The smallest absolute Gasteiger partial charge is 0.159 e. The van der Waals surface area contributed by atoms with E-state index < -0.39 is 8.07 Å². The fraction of sp³-hybridized carbons (Fsp3) is 0.0725. The van der Waals surface area contributed by atoms with Gasteiger partial charge in [0.05, 0.1) is 11.4 Å². The van der Waals surface area contributed by atoms with Crippen LogP contribution in [0.15, 0.2) is 247 Å². The zero-order valence-electron chi connectivity index (χ0n) is 41.4. The van der Waals surface area contributed by atoms with Crippen molar-refractivity contribution in [3.8, 4) is 44.5 Å². The monoisotopic (exact) mass is 952 g/mol. The van der Waals surface area contributed by atoms with Crippen molar-refractivity contribution in [1.82, 2.24) is 0 Å². The average molecular weight is 953 g/mol. The molecular weight excluding hydrogens is 901 g/mol. The zero-order valence-corrected chi connectivity index (χ0v) is 42.4. The van der Waals surface area contributed by atoms with E-state index in [1.165, 1.54) is 77.0 Å². The van der Waals surface area contributed by atoms with Crippen LogP contribution >= 0.6 is 0 Å². The van der Waals surface area contributed by atoms with E-state index in [0.717, 1.165) is 55.8 Å². The summed E-state index contributed by atoms with van der Waals surface area (Å²) >= 11 is 0. The van der Waals surface area contributed by atoms with Gasteiger partial charge in [0.25, 0.3) is 0 Å². The van der Waals surface area contributed by atoms with Gasteiger partial charge in [-0.3, -0.25) is 0 Å². The topological polar surface area (TPSA) is 19.6 Å². The number of nitrogens with zero attached hydrogens (tertiary/aromatic N) is 2. The molecule has 0 unspecified atom stereocenters. The van der Waals surface area contributed by atoms with Crippen molar-refractivity contribution >= 4 is 85.3 Å². The summed E-state index contributed by atoms with van der Waals surface area (Å²) in [6, 6.07) is 89.4. The van der Waals surface area contributed by atoms with Crippen LogP contribution in [0, 0.1) is 0 Å². The van der Waals surface area contributed by atoms with Crippen molar-refractivity contribution in [3.05, 3.63) is 254 Å². The van der Waals surface area contributed by atoms with Crippen molar-refractivity contribution < 1.29 is 4.42 Å². The van der Waals surface area contributed by atoms with E-state index in [1.807, 2.05) is 6.07 Å². The summed E-state index contributed by atoms with van der Waals surface area (Å²) in [4.78, 5) is 4.84. The van der Waals surface area contributed by atoms with Crippen LogP contribution in [0.25, 0.3) is 77.2 Å². The molecule has 73 heavy (non-hydrogen) atoms. The summed E-state index contributed by atoms with van der Waals surface area (Å²) in [6.45, 7) is 9.82. The molecule has 1 aliphatic heterocycles. The Morgan fingerprint density at radius 1 is 0.356 bits per heavy atom. The molecule has 2 heterocycles. The first-order valence-electron chi connectivity index (χ1n) is 25.5. The van der Waals surface area contributed by atoms with Crippen LogP contribution in [0.5, 0.6) is 0 Å². The van der Waals surface area contributed by atoms with Crippen molar-refractivity contribution in [1.29, 1.82) is 0 Å². The molecule has 1 aliphatic carbocycles. The number of rotatable bonds is 8. The Kier molecular flexibility index (Phi) is 9.70. The lowest BCUT2D eigenvalue weighted by atomic mass is 9.82. The molecule has 0 saturated heterocycles. The Labute approximate surface area is 427 Å². The Morgan fingerprint density at radius 2 is 0.918 bits per heavy atom. The molecule has 0 fully saturated rings. The van der Waals surface area contributed by atoms with Gasteiger partial charge in [-0.15, -0.1) is 0 Å². The normalized spacial score (nSPS) is 13.7. The van der Waals surface area contributed by atoms with Gasteiger partial charge in [0.15, 0.2) is 5.58 Å². The first kappa shape index (κ1) is 43.1. The van der Waals surface area contributed by atoms with Gasteiger partial charge in [-0.1, -0.05) is 203 Å². The van der Waals surface area contributed by atoms with E-state index in [0.29, 0.717) is 0 Å². The highest BCUT2D eigenvalue weighted by molar-refractivity contribution is 7.03. The summed E-state index contributed by atoms with van der Waals surface area (Å²) in [7, 11) is -2.26. The second-order valence-electron chi connectivity index (χ2n) is 20.8. The second-order valence-corrected chi connectivity index (χ2v) is 25.2. The maximum Gasteiger partial charge on any atom is 0.159 e. The van der Waals surface area contributed by atoms with Crippen LogP contribution in [0.3, 0.4) is 0 Å². The molecule has 4 heteroatoms. The predicted molar refractivity (Wildman–Crippen MR) is 311 cm³/mol. The number of para-hydroxylation sites is 4. The van der Waals surface area contributed by atoms with Crippen LogP contribution in [0.2, 0.25) is 13.1 Å². The first-order chi connectivity index (χ1) is 35.7. The summed E-state index contributed by atoms with van der Waals surface area (Å²) in [5.41, 5.74) is 21.1. The molecule has 0 N–H and O–H groups in total. The van der Waals surface area contributed by atoms with Crippen LogP contribution in [0.1, 0.15) is 25.0 Å². The standard InChI is InChI=1S/C69H52N2OSi/c1-69(2)60-28-14-11-24-53(60)54-39-37-49(43-61(54)69)70(47-21-9-6-10-22-47)50-38-40-56-58-42-41-51(57-26-18-32-65(67(57)58)73(3,4)66(56)44-50)46-33-35-48(36-34-46)71(62-29-15-12-23-52(62)45-19-7-5-8-20-45)63-30-17-27-59-55-25-13-16-31-64(55)72-68(59)63/h5-44H,1-4H3. The average Bonchev–Trinajstić information content (AvgIpc) is 3.93. The Morgan fingerprint density at radius 3 is 1.74 bits per heavy atom. The number of fused-ring (bicyclic) bond motifs is 8. The molecule has 348 valence electrons. The molecule has 2 aliphatic rings. The number of hydrogen-bond acceptors (Lipinski definition) is 3. The molecule has 0 saturated carbocycles. The summed E-state index contributed by atoms with van der Waals surface area (Å²) in [5, 5.41) is 7.84. The molecule has 14 rings (SSSR count). The fourth-order valence-corrected chi connectivity index (χ4v) is 15.6. The Bertz CT molecular complexity index is 4150. The number of benzene rings is 11. The molecule has 0 atom stereocenters. The van der Waals surface area contributed by atoms with Gasteiger partial charge in [0.1, 0.15) is 13.7 Å². The van der Waals surface area contributed by atoms with Crippen LogP contribution in [-0.2, 0) is 5.41 Å². The largest absolute Gasteiger partial charge is 0.454 e. The number of anilines is 6. The quantitative estimate of drug-likeness (QED) is 0.142. The third-order valence-corrected chi connectivity index (χ3v) is 19.6. The van der Waals surface area contributed by atoms with E-state index in [4.69, 9.17) is 4.42 Å². The summed E-state index contributed by atoms with van der Waals surface area (Å²) < 4.78 is 6.72. The van der Waals surface area contributed by atoms with Crippen LogP contribution in [-0.4, -0.2) is 8.07 Å².